The minimum absolute atomic E-state index is 0.0750. The van der Waals surface area contributed by atoms with Gasteiger partial charge in [0.2, 0.25) is 5.91 Å². The van der Waals surface area contributed by atoms with E-state index in [1.165, 1.54) is 19.1 Å². The van der Waals surface area contributed by atoms with Crippen molar-refractivity contribution in [2.24, 2.45) is 0 Å². The van der Waals surface area contributed by atoms with Gasteiger partial charge in [-0.1, -0.05) is 12.1 Å². The van der Waals surface area contributed by atoms with Gasteiger partial charge in [0.05, 0.1) is 27.8 Å². The van der Waals surface area contributed by atoms with Crippen LogP contribution in [0.1, 0.15) is 11.1 Å². The summed E-state index contributed by atoms with van der Waals surface area (Å²) in [6, 6.07) is 12.3. The average molecular weight is 373 g/mol. The summed E-state index contributed by atoms with van der Waals surface area (Å²) >= 11 is 0. The number of carbonyl (C=O) groups excluding carboxylic acids is 1. The first-order valence-corrected chi connectivity index (χ1v) is 8.29. The van der Waals surface area contributed by atoms with Crippen molar-refractivity contribution in [3.63, 3.8) is 0 Å². The van der Waals surface area contributed by atoms with Gasteiger partial charge in [-0.25, -0.2) is 0 Å². The topological polar surface area (TPSA) is 85.3 Å². The van der Waals surface area contributed by atoms with Crippen LogP contribution in [0.2, 0.25) is 0 Å². The fourth-order valence-corrected chi connectivity index (χ4v) is 2.64. The zero-order chi connectivity index (χ0) is 19.8. The molecular formula is C20H23NO6. The molecule has 0 aliphatic rings. The zero-order valence-electron chi connectivity index (χ0n) is 15.6. The van der Waals surface area contributed by atoms with Gasteiger partial charge in [-0.2, -0.15) is 0 Å². The molecule has 2 rings (SSSR count). The molecule has 144 valence electrons. The van der Waals surface area contributed by atoms with Crippen LogP contribution in [0.25, 0.3) is 0 Å². The molecule has 7 nitrogen and oxygen atoms in total. The minimum atomic E-state index is -1.08. The Bertz CT molecular complexity index is 783. The molecule has 1 N–H and O–H groups in total. The minimum Gasteiger partial charge on any atom is -0.497 e. The number of hydrogen-bond acceptors (Lipinski definition) is 5. The number of hydrogen-bond donors (Lipinski definition) is 1. The standard InChI is InChI=1S/C20H23NO6/c1-25-16-6-4-5-14(7-16)10-19(22)21(13-20(23)24)12-15-8-17(26-2)11-18(9-15)27-3/h4-9,11H,10,12-13H2,1-3H3,(H,23,24). The lowest BCUT2D eigenvalue weighted by molar-refractivity contribution is -0.144. The lowest BCUT2D eigenvalue weighted by atomic mass is 10.1. The van der Waals surface area contributed by atoms with Gasteiger partial charge in [-0.3, -0.25) is 9.59 Å². The first-order chi connectivity index (χ1) is 12.9. The third-order valence-electron chi connectivity index (χ3n) is 3.95. The molecule has 0 bridgehead atoms. The van der Waals surface area contributed by atoms with E-state index in [-0.39, 0.29) is 18.9 Å². The first kappa shape index (κ1) is 20.1. The molecule has 0 aliphatic carbocycles. The van der Waals surface area contributed by atoms with E-state index in [1.807, 2.05) is 0 Å². The van der Waals surface area contributed by atoms with Crippen LogP contribution in [0.4, 0.5) is 0 Å². The molecular weight excluding hydrogens is 350 g/mol. The van der Waals surface area contributed by atoms with Crippen molar-refractivity contribution in [1.82, 2.24) is 4.90 Å². The van der Waals surface area contributed by atoms with E-state index in [0.29, 0.717) is 22.8 Å². The Balaban J connectivity index is 2.21. The van der Waals surface area contributed by atoms with Crippen LogP contribution in [-0.4, -0.2) is 49.8 Å². The molecule has 2 aromatic carbocycles. The van der Waals surface area contributed by atoms with Gasteiger partial charge in [0, 0.05) is 12.6 Å². The number of ether oxygens (including phenoxy) is 3. The number of rotatable bonds is 9. The molecule has 1 amide bonds. The number of nitrogens with zero attached hydrogens (tertiary/aromatic N) is 1. The van der Waals surface area contributed by atoms with E-state index in [2.05, 4.69) is 0 Å². The van der Waals surface area contributed by atoms with Gasteiger partial charge < -0.3 is 24.2 Å². The number of carboxylic acids is 1. The van der Waals surface area contributed by atoms with Gasteiger partial charge >= 0.3 is 5.97 Å². The number of benzene rings is 2. The van der Waals surface area contributed by atoms with Crippen LogP contribution in [0, 0.1) is 0 Å². The van der Waals surface area contributed by atoms with Crippen LogP contribution >= 0.6 is 0 Å². The largest absolute Gasteiger partial charge is 0.497 e. The first-order valence-electron chi connectivity index (χ1n) is 8.29. The second-order valence-corrected chi connectivity index (χ2v) is 5.89. The summed E-state index contributed by atoms with van der Waals surface area (Å²) in [4.78, 5) is 25.2. The van der Waals surface area contributed by atoms with E-state index in [0.717, 1.165) is 5.56 Å². The maximum Gasteiger partial charge on any atom is 0.323 e. The summed E-state index contributed by atoms with van der Waals surface area (Å²) in [6.45, 7) is -0.273. The van der Waals surface area contributed by atoms with E-state index in [1.54, 1.807) is 49.6 Å². The molecule has 0 unspecified atom stereocenters. The van der Waals surface area contributed by atoms with Crippen LogP contribution in [0.3, 0.4) is 0 Å². The normalized spacial score (nSPS) is 10.2. The molecule has 0 heterocycles. The smallest absolute Gasteiger partial charge is 0.323 e. The third-order valence-corrected chi connectivity index (χ3v) is 3.95. The molecule has 0 aromatic heterocycles. The quantitative estimate of drug-likeness (QED) is 0.726. The summed E-state index contributed by atoms with van der Waals surface area (Å²) in [5.41, 5.74) is 1.46. The van der Waals surface area contributed by atoms with E-state index < -0.39 is 12.5 Å². The summed E-state index contributed by atoms with van der Waals surface area (Å²) in [7, 11) is 4.61. The Morgan fingerprint density at radius 2 is 1.48 bits per heavy atom. The Kier molecular flexibility index (Phi) is 7.05. The van der Waals surface area contributed by atoms with Crippen LogP contribution in [-0.2, 0) is 22.6 Å². The van der Waals surface area contributed by atoms with Crippen LogP contribution < -0.4 is 14.2 Å². The maximum absolute atomic E-state index is 12.7. The van der Waals surface area contributed by atoms with E-state index in [4.69, 9.17) is 14.2 Å². The summed E-state index contributed by atoms with van der Waals surface area (Å²) in [5, 5.41) is 9.20. The molecule has 0 atom stereocenters. The molecule has 0 saturated heterocycles. The number of carboxylic acid groups (broad SMARTS) is 1. The number of aliphatic carboxylic acids is 1. The summed E-state index contributed by atoms with van der Waals surface area (Å²) in [6.07, 6.45) is 0.0750. The predicted molar refractivity (Wildman–Crippen MR) is 99.3 cm³/mol. The van der Waals surface area contributed by atoms with Crippen LogP contribution in [0.5, 0.6) is 17.2 Å². The van der Waals surface area contributed by atoms with Crippen molar-refractivity contribution in [3.8, 4) is 17.2 Å². The van der Waals surface area contributed by atoms with Crippen molar-refractivity contribution in [2.75, 3.05) is 27.9 Å². The molecule has 0 fully saturated rings. The molecule has 0 spiro atoms. The lowest BCUT2D eigenvalue weighted by Gasteiger charge is -2.22. The monoisotopic (exact) mass is 373 g/mol. The van der Waals surface area contributed by atoms with Crippen molar-refractivity contribution in [1.29, 1.82) is 0 Å². The highest BCUT2D eigenvalue weighted by molar-refractivity contribution is 5.83. The second kappa shape index (κ2) is 9.47. The van der Waals surface area contributed by atoms with Gasteiger partial charge in [-0.15, -0.1) is 0 Å². The molecule has 7 heteroatoms. The van der Waals surface area contributed by atoms with Gasteiger partial charge in [-0.05, 0) is 35.4 Å². The Hall–Kier alpha value is -3.22. The number of amides is 1. The second-order valence-electron chi connectivity index (χ2n) is 5.89. The van der Waals surface area contributed by atoms with E-state index >= 15 is 0 Å². The Labute approximate surface area is 158 Å². The lowest BCUT2D eigenvalue weighted by Crippen LogP contribution is -2.36. The number of methoxy groups -OCH3 is 3. The predicted octanol–water partition coefficient (Wildman–Crippen LogP) is 2.37. The average Bonchev–Trinajstić information content (AvgIpc) is 2.66. The summed E-state index contributed by atoms with van der Waals surface area (Å²) in [5.74, 6) is 0.402. The van der Waals surface area contributed by atoms with Gasteiger partial charge in [0.25, 0.3) is 0 Å². The molecule has 0 radical (unpaired) electrons. The maximum atomic E-state index is 12.7. The van der Waals surface area contributed by atoms with Crippen molar-refractivity contribution in [2.45, 2.75) is 13.0 Å². The SMILES string of the molecule is COc1cccc(CC(=O)N(CC(=O)O)Cc2cc(OC)cc(OC)c2)c1. The fraction of sp³-hybridized carbons (Fsp3) is 0.300. The summed E-state index contributed by atoms with van der Waals surface area (Å²) < 4.78 is 15.6. The highest BCUT2D eigenvalue weighted by Crippen LogP contribution is 2.24. The molecule has 27 heavy (non-hydrogen) atoms. The van der Waals surface area contributed by atoms with E-state index in [9.17, 15) is 14.7 Å². The molecule has 0 saturated carbocycles. The fourth-order valence-electron chi connectivity index (χ4n) is 2.64. The Morgan fingerprint density at radius 1 is 0.889 bits per heavy atom. The van der Waals surface area contributed by atoms with Crippen molar-refractivity contribution < 1.29 is 28.9 Å². The Morgan fingerprint density at radius 3 is 2.04 bits per heavy atom. The number of carbonyl (C=O) groups is 2. The highest BCUT2D eigenvalue weighted by atomic mass is 16.5. The zero-order valence-corrected chi connectivity index (χ0v) is 15.6. The van der Waals surface area contributed by atoms with Crippen LogP contribution in [0.15, 0.2) is 42.5 Å². The molecule has 0 aliphatic heterocycles. The third kappa shape index (κ3) is 5.91. The molecule has 2 aromatic rings. The van der Waals surface area contributed by atoms with Crippen molar-refractivity contribution >= 4 is 11.9 Å². The van der Waals surface area contributed by atoms with Gasteiger partial charge in [0.1, 0.15) is 23.8 Å². The van der Waals surface area contributed by atoms with Crippen molar-refractivity contribution in [3.05, 3.63) is 53.6 Å². The highest BCUT2D eigenvalue weighted by Gasteiger charge is 2.18. The van der Waals surface area contributed by atoms with Gasteiger partial charge in [0.15, 0.2) is 0 Å².